The van der Waals surface area contributed by atoms with Crippen LogP contribution in [0, 0.1) is 6.57 Å². The van der Waals surface area contributed by atoms with E-state index in [1.807, 2.05) is 0 Å². The predicted octanol–water partition coefficient (Wildman–Crippen LogP) is 6.67. The van der Waals surface area contributed by atoms with E-state index in [1.165, 1.54) is 20.8 Å². The van der Waals surface area contributed by atoms with Crippen molar-refractivity contribution in [1.29, 1.82) is 0 Å². The van der Waals surface area contributed by atoms with Crippen molar-refractivity contribution in [1.82, 2.24) is 10.3 Å². The second-order valence-electron chi connectivity index (χ2n) is 9.64. The summed E-state index contributed by atoms with van der Waals surface area (Å²) in [7, 11) is 0. The maximum atomic E-state index is 13.4. The maximum Gasteiger partial charge on any atom is 0.417 e. The summed E-state index contributed by atoms with van der Waals surface area (Å²) in [5.74, 6) is -1.44. The summed E-state index contributed by atoms with van der Waals surface area (Å²) in [4.78, 5) is 33.0. The van der Waals surface area contributed by atoms with Gasteiger partial charge < -0.3 is 14.8 Å². The van der Waals surface area contributed by atoms with Crippen LogP contribution in [-0.4, -0.2) is 28.5 Å². The van der Waals surface area contributed by atoms with Gasteiger partial charge in [-0.3, -0.25) is 9.59 Å². The van der Waals surface area contributed by atoms with Gasteiger partial charge in [0.1, 0.15) is 0 Å². The van der Waals surface area contributed by atoms with Gasteiger partial charge in [-0.1, -0.05) is 41.9 Å². The third-order valence-electron chi connectivity index (χ3n) is 6.19. The van der Waals surface area contributed by atoms with Crippen LogP contribution in [0.1, 0.15) is 44.4 Å². The van der Waals surface area contributed by atoms with E-state index in [4.69, 9.17) is 27.6 Å². The molecule has 2 atom stereocenters. The first-order valence-corrected chi connectivity index (χ1v) is 12.5. The van der Waals surface area contributed by atoms with E-state index in [0.29, 0.717) is 22.5 Å². The van der Waals surface area contributed by atoms with E-state index in [2.05, 4.69) is 15.1 Å². The fraction of sp³-hybridized carbons (Fsp3) is 0.310. The number of ether oxygens (including phenoxy) is 2. The summed E-state index contributed by atoms with van der Waals surface area (Å²) >= 11 is 6.05. The Labute approximate surface area is 235 Å². The van der Waals surface area contributed by atoms with Crippen LogP contribution in [0.2, 0.25) is 5.02 Å². The molecule has 3 rings (SSSR count). The molecule has 1 amide bonds. The van der Waals surface area contributed by atoms with Crippen molar-refractivity contribution in [2.75, 3.05) is 0 Å². The number of nitrogens with one attached hydrogen (secondary N) is 1. The molecule has 0 aliphatic rings. The predicted molar refractivity (Wildman–Crippen MR) is 143 cm³/mol. The maximum absolute atomic E-state index is 13.4. The van der Waals surface area contributed by atoms with Crippen LogP contribution in [0.5, 0.6) is 5.88 Å². The molecular formula is C29H27ClF3N3O4. The lowest BCUT2D eigenvalue weighted by atomic mass is 9.80. The van der Waals surface area contributed by atoms with Gasteiger partial charge in [-0.2, -0.15) is 13.2 Å². The molecule has 0 aliphatic heterocycles. The molecule has 0 bridgehead atoms. The molecule has 11 heteroatoms. The van der Waals surface area contributed by atoms with E-state index in [0.717, 1.165) is 17.7 Å². The zero-order valence-corrected chi connectivity index (χ0v) is 22.9. The lowest BCUT2D eigenvalue weighted by Crippen LogP contribution is -2.57. The Morgan fingerprint density at radius 1 is 1.07 bits per heavy atom. The Morgan fingerprint density at radius 3 is 2.30 bits per heavy atom. The highest BCUT2D eigenvalue weighted by atomic mass is 35.5. The number of carbonyl (C=O) groups excluding carboxylic acids is 2. The minimum atomic E-state index is -4.57. The lowest BCUT2D eigenvalue weighted by Gasteiger charge is -2.40. The Kier molecular flexibility index (Phi) is 9.10. The topological polar surface area (TPSA) is 81.9 Å². The molecule has 40 heavy (non-hydrogen) atoms. The highest BCUT2D eigenvalue weighted by Gasteiger charge is 2.44. The molecule has 1 unspecified atom stereocenters. The second-order valence-corrected chi connectivity index (χ2v) is 10.1. The molecule has 0 aliphatic carbocycles. The smallest absolute Gasteiger partial charge is 0.417 e. The lowest BCUT2D eigenvalue weighted by molar-refractivity contribution is -0.164. The van der Waals surface area contributed by atoms with Gasteiger partial charge in [0.15, 0.2) is 16.9 Å². The van der Waals surface area contributed by atoms with Crippen molar-refractivity contribution in [3.8, 4) is 5.88 Å². The summed E-state index contributed by atoms with van der Waals surface area (Å²) in [6, 6.07) is 14.4. The number of pyridine rings is 1. The molecule has 1 heterocycles. The summed E-state index contributed by atoms with van der Waals surface area (Å²) in [5, 5.41) is 3.35. The molecule has 1 aromatic heterocycles. The fourth-order valence-electron chi connectivity index (χ4n) is 4.09. The minimum absolute atomic E-state index is 0.119. The summed E-state index contributed by atoms with van der Waals surface area (Å²) in [5.41, 5.74) is -2.47. The molecular weight excluding hydrogens is 547 g/mol. The van der Waals surface area contributed by atoms with Gasteiger partial charge in [0.05, 0.1) is 18.2 Å². The van der Waals surface area contributed by atoms with Gasteiger partial charge >= 0.3 is 12.1 Å². The largest absolute Gasteiger partial charge is 0.462 e. The average Bonchev–Trinajstić information content (AvgIpc) is 2.88. The standard InChI is InChI=1S/C29H27ClF3N3O4/c1-18(36-26(38)27(3,4)40-25-14-11-22(17-35-25)29(31,32)33)28(39-19(2)37,16-20-9-12-23(30)13-10-20)21-7-6-8-24(15-21)34-5/h6-15,17-18H,16H2,1-4H3,(H,36,38)/t18-,28?/m0/s1. The number of rotatable bonds is 9. The Hall–Kier alpha value is -4.10. The highest BCUT2D eigenvalue weighted by Crippen LogP contribution is 2.37. The number of carbonyl (C=O) groups is 2. The van der Waals surface area contributed by atoms with Gasteiger partial charge in [-0.25, -0.2) is 9.83 Å². The van der Waals surface area contributed by atoms with E-state index in [9.17, 15) is 22.8 Å². The van der Waals surface area contributed by atoms with Crippen LogP contribution in [-0.2, 0) is 32.5 Å². The number of alkyl halides is 3. The van der Waals surface area contributed by atoms with Crippen molar-refractivity contribution in [3.63, 3.8) is 0 Å². The summed E-state index contributed by atoms with van der Waals surface area (Å²) in [6.07, 6.45) is -3.83. The molecule has 2 aromatic carbocycles. The molecule has 1 N–H and O–H groups in total. The molecule has 0 saturated carbocycles. The number of benzene rings is 2. The first-order chi connectivity index (χ1) is 18.7. The van der Waals surface area contributed by atoms with Gasteiger partial charge in [-0.15, -0.1) is 0 Å². The van der Waals surface area contributed by atoms with E-state index in [-0.39, 0.29) is 12.3 Å². The van der Waals surface area contributed by atoms with Gasteiger partial charge in [-0.05, 0) is 56.2 Å². The van der Waals surface area contributed by atoms with Gasteiger partial charge in [0.25, 0.3) is 5.91 Å². The van der Waals surface area contributed by atoms with E-state index >= 15 is 0 Å². The molecule has 210 valence electrons. The SMILES string of the molecule is [C-]#[N+]c1cccc(C(Cc2ccc(Cl)cc2)(OC(C)=O)[C@H](C)NC(=O)C(C)(C)Oc2ccc(C(F)(F)F)cn2)c1. The second kappa shape index (κ2) is 12.0. The van der Waals surface area contributed by atoms with Crippen LogP contribution in [0.3, 0.4) is 0 Å². The van der Waals surface area contributed by atoms with Crippen LogP contribution >= 0.6 is 11.6 Å². The van der Waals surface area contributed by atoms with E-state index < -0.39 is 40.9 Å². The monoisotopic (exact) mass is 573 g/mol. The molecule has 7 nitrogen and oxygen atoms in total. The highest BCUT2D eigenvalue weighted by molar-refractivity contribution is 6.30. The Bertz CT molecular complexity index is 1400. The molecule has 0 fully saturated rings. The van der Waals surface area contributed by atoms with E-state index in [1.54, 1.807) is 55.5 Å². The number of esters is 1. The quantitative estimate of drug-likeness (QED) is 0.228. The van der Waals surface area contributed by atoms with Crippen molar-refractivity contribution in [2.45, 2.75) is 57.5 Å². The normalized spacial score (nSPS) is 13.9. The fourth-order valence-corrected chi connectivity index (χ4v) is 4.22. The number of amides is 1. The molecule has 0 spiro atoms. The average molecular weight is 574 g/mol. The van der Waals surface area contributed by atoms with Crippen molar-refractivity contribution >= 4 is 29.2 Å². The van der Waals surface area contributed by atoms with Crippen LogP contribution in [0.4, 0.5) is 18.9 Å². The van der Waals surface area contributed by atoms with Gasteiger partial charge in [0, 0.05) is 30.6 Å². The third-order valence-corrected chi connectivity index (χ3v) is 6.44. The van der Waals surface area contributed by atoms with Crippen molar-refractivity contribution < 1.29 is 32.2 Å². The number of hydrogen-bond donors (Lipinski definition) is 1. The number of aromatic nitrogens is 1. The zero-order chi connectivity index (χ0) is 29.7. The van der Waals surface area contributed by atoms with Crippen LogP contribution < -0.4 is 10.1 Å². The Morgan fingerprint density at radius 2 is 1.75 bits per heavy atom. The number of nitrogens with zero attached hydrogens (tertiary/aromatic N) is 2. The molecule has 0 saturated heterocycles. The number of halogens is 4. The first kappa shape index (κ1) is 30.4. The van der Waals surface area contributed by atoms with Gasteiger partial charge in [0.2, 0.25) is 5.88 Å². The third kappa shape index (κ3) is 7.30. The van der Waals surface area contributed by atoms with Crippen molar-refractivity contribution in [2.24, 2.45) is 0 Å². The van der Waals surface area contributed by atoms with Crippen LogP contribution in [0.15, 0.2) is 66.9 Å². The number of hydrogen-bond acceptors (Lipinski definition) is 5. The van der Waals surface area contributed by atoms with Crippen LogP contribution in [0.25, 0.3) is 4.85 Å². The zero-order valence-electron chi connectivity index (χ0n) is 22.2. The summed E-state index contributed by atoms with van der Waals surface area (Å²) in [6.45, 7) is 13.2. The minimum Gasteiger partial charge on any atom is -0.462 e. The van der Waals surface area contributed by atoms with Crippen molar-refractivity contribution in [3.05, 3.63) is 100.0 Å². The summed E-state index contributed by atoms with van der Waals surface area (Å²) < 4.78 is 50.3. The molecule has 3 aromatic rings. The first-order valence-electron chi connectivity index (χ1n) is 12.1. The Balaban J connectivity index is 1.97. The molecule has 0 radical (unpaired) electrons.